The molecular weight excluding hydrogens is 725 g/mol. The van der Waals surface area contributed by atoms with Gasteiger partial charge in [0.1, 0.15) is 5.69 Å². The summed E-state index contributed by atoms with van der Waals surface area (Å²) in [5.41, 5.74) is 0.907. The Labute approximate surface area is 281 Å². The quantitative estimate of drug-likeness (QED) is 0.162. The van der Waals surface area contributed by atoms with E-state index in [0.717, 1.165) is 0 Å². The first-order valence-electron chi connectivity index (χ1n) is 13.9. The second-order valence-corrected chi connectivity index (χ2v) is 10.6. The van der Waals surface area contributed by atoms with Crippen LogP contribution in [0, 0.1) is 36.9 Å². The Balaban J connectivity index is 0.00000924. The van der Waals surface area contributed by atoms with Crippen molar-refractivity contribution in [2.45, 2.75) is 6.42 Å². The molecule has 0 spiro atoms. The van der Waals surface area contributed by atoms with Gasteiger partial charge in [0.25, 0.3) is 5.91 Å². The number of likely N-dealkylation sites (N-methyl/N-ethyl adjacent to an activating group) is 1. The summed E-state index contributed by atoms with van der Waals surface area (Å²) in [5, 5.41) is 30.8. The third kappa shape index (κ3) is 17.0. The fraction of sp³-hybridized carbons (Fsp3) is 0.630. The second-order valence-electron chi connectivity index (χ2n) is 10.6. The van der Waals surface area contributed by atoms with Crippen LogP contribution in [0.2, 0.25) is 0 Å². The maximum Gasteiger partial charge on any atom is 0.317 e. The number of aromatic nitrogens is 1. The molecule has 0 bridgehead atoms. The van der Waals surface area contributed by atoms with Crippen molar-refractivity contribution in [1.82, 2.24) is 34.8 Å². The SMILES string of the molecule is CN(C)CCNC(=O)c1ccc(CC(=O)CN2CCN(CC(=O)O)CCN(CC(=O)O)CCN(CC(=O)O)CC2)cn1.[Lu]. The molecule has 1 saturated heterocycles. The molecule has 0 aromatic carbocycles. The minimum atomic E-state index is -1.02. The molecule has 249 valence electrons. The number of carboxylic acids is 3. The third-order valence-corrected chi connectivity index (χ3v) is 6.71. The van der Waals surface area contributed by atoms with Gasteiger partial charge in [0.2, 0.25) is 0 Å². The van der Waals surface area contributed by atoms with Crippen LogP contribution in [0.25, 0.3) is 0 Å². The number of carboxylic acid groups (broad SMARTS) is 3. The van der Waals surface area contributed by atoms with Gasteiger partial charge in [-0.15, -0.1) is 0 Å². The summed E-state index contributed by atoms with van der Waals surface area (Å²) < 4.78 is 0. The van der Waals surface area contributed by atoms with Gasteiger partial charge in [0, 0.05) is 115 Å². The largest absolute Gasteiger partial charge is 0.480 e. The summed E-state index contributed by atoms with van der Waals surface area (Å²) in [7, 11) is 3.81. The molecule has 15 nitrogen and oxygen atoms in total. The maximum atomic E-state index is 13.0. The number of Topliss-reactive ketones (excluding diaryl/α,β-unsaturated/α-hetero) is 1. The normalized spacial score (nSPS) is 16.4. The number of carbonyl (C=O) groups excluding carboxylic acids is 2. The van der Waals surface area contributed by atoms with Crippen LogP contribution in [0.4, 0.5) is 0 Å². The molecule has 1 amide bonds. The Morgan fingerprint density at radius 1 is 0.744 bits per heavy atom. The first-order chi connectivity index (χ1) is 19.9. The second kappa shape index (κ2) is 20.6. The van der Waals surface area contributed by atoms with Crippen LogP contribution in [0.1, 0.15) is 16.1 Å². The van der Waals surface area contributed by atoms with E-state index in [2.05, 4.69) is 10.3 Å². The maximum absolute atomic E-state index is 13.0. The molecule has 0 aliphatic carbocycles. The number of ketones is 1. The summed E-state index contributed by atoms with van der Waals surface area (Å²) in [6, 6.07) is 3.26. The average Bonchev–Trinajstić information content (AvgIpc) is 2.89. The van der Waals surface area contributed by atoms with Gasteiger partial charge in [-0.1, -0.05) is 6.07 Å². The minimum Gasteiger partial charge on any atom is -0.480 e. The van der Waals surface area contributed by atoms with Crippen LogP contribution >= 0.6 is 0 Å². The number of nitrogens with one attached hydrogen (secondary N) is 1. The molecule has 1 aliphatic heterocycles. The predicted octanol–water partition coefficient (Wildman–Crippen LogP) is -2.04. The van der Waals surface area contributed by atoms with Gasteiger partial charge in [-0.2, -0.15) is 0 Å². The number of aliphatic carboxylic acids is 3. The molecule has 43 heavy (non-hydrogen) atoms. The first kappa shape index (κ1) is 38.8. The van der Waals surface area contributed by atoms with Gasteiger partial charge in [-0.05, 0) is 25.7 Å². The van der Waals surface area contributed by atoms with Crippen LogP contribution < -0.4 is 5.32 Å². The van der Waals surface area contributed by atoms with E-state index in [4.69, 9.17) is 0 Å². The number of pyridine rings is 1. The summed E-state index contributed by atoms with van der Waals surface area (Å²) in [4.78, 5) is 72.6. The van der Waals surface area contributed by atoms with Crippen LogP contribution in [0.15, 0.2) is 18.3 Å². The molecule has 1 aliphatic rings. The Morgan fingerprint density at radius 3 is 1.51 bits per heavy atom. The zero-order chi connectivity index (χ0) is 31.1. The van der Waals surface area contributed by atoms with E-state index in [1.54, 1.807) is 26.8 Å². The molecule has 16 heteroatoms. The van der Waals surface area contributed by atoms with E-state index < -0.39 is 17.9 Å². The van der Waals surface area contributed by atoms with E-state index in [1.165, 1.54) is 6.20 Å². The van der Waals surface area contributed by atoms with E-state index in [1.807, 2.05) is 23.9 Å². The van der Waals surface area contributed by atoms with Crippen molar-refractivity contribution < 1.29 is 76.2 Å². The number of rotatable bonds is 14. The Morgan fingerprint density at radius 2 is 1.16 bits per heavy atom. The molecule has 1 aromatic heterocycles. The Kier molecular flexibility index (Phi) is 18.6. The molecular formula is C27H43LuN7O8. The number of hydrogen-bond donors (Lipinski definition) is 4. The smallest absolute Gasteiger partial charge is 0.317 e. The molecule has 0 unspecified atom stereocenters. The Hall–Kier alpha value is -2.27. The van der Waals surface area contributed by atoms with Crippen molar-refractivity contribution in [3.8, 4) is 0 Å². The van der Waals surface area contributed by atoms with Gasteiger partial charge in [-0.3, -0.25) is 48.6 Å². The summed E-state index contributed by atoms with van der Waals surface area (Å²) >= 11 is 0. The van der Waals surface area contributed by atoms with Crippen molar-refractivity contribution in [2.24, 2.45) is 0 Å². The third-order valence-electron chi connectivity index (χ3n) is 6.71. The first-order valence-corrected chi connectivity index (χ1v) is 13.9. The van der Waals surface area contributed by atoms with E-state index in [0.29, 0.717) is 71.0 Å². The topological polar surface area (TPSA) is 187 Å². The van der Waals surface area contributed by atoms with Crippen LogP contribution in [-0.2, 0) is 25.6 Å². The zero-order valence-electron chi connectivity index (χ0n) is 24.7. The average molecular weight is 769 g/mol. The van der Waals surface area contributed by atoms with Gasteiger partial charge in [0.15, 0.2) is 5.78 Å². The standard InChI is InChI=1S/C27H43N7O8.Lu/c1-30(2)6-5-28-27(42)23-4-3-21(16-29-23)15-22(35)17-31-7-9-32(18-24(36)37)11-13-34(20-26(40)41)14-12-33(10-8-31)19-25(38)39;/h3-4,16H,5-15,17-20H2,1-2H3,(H,28,42)(H,36,37)(H,38,39)(H,40,41);. The van der Waals surface area contributed by atoms with Crippen molar-refractivity contribution in [3.05, 3.63) is 29.6 Å². The Bertz CT molecular complexity index is 1030. The zero-order valence-corrected chi connectivity index (χ0v) is 26.3. The summed E-state index contributed by atoms with van der Waals surface area (Å²) in [5.74, 6) is -3.44. The molecule has 1 aromatic rings. The number of carbonyl (C=O) groups is 5. The van der Waals surface area contributed by atoms with Gasteiger partial charge >= 0.3 is 17.9 Å². The molecule has 2 heterocycles. The fourth-order valence-electron chi connectivity index (χ4n) is 4.46. The van der Waals surface area contributed by atoms with Crippen LogP contribution in [0.3, 0.4) is 0 Å². The monoisotopic (exact) mass is 768 g/mol. The van der Waals surface area contributed by atoms with Gasteiger partial charge in [0.05, 0.1) is 26.2 Å². The number of amides is 1. The number of nitrogens with zero attached hydrogens (tertiary/aromatic N) is 6. The number of hydrogen-bond acceptors (Lipinski definition) is 11. The van der Waals surface area contributed by atoms with Crippen molar-refractivity contribution in [1.29, 1.82) is 0 Å². The van der Waals surface area contributed by atoms with Gasteiger partial charge < -0.3 is 25.5 Å². The molecule has 1 radical (unpaired) electrons. The van der Waals surface area contributed by atoms with E-state index in [9.17, 15) is 39.3 Å². The molecule has 0 saturated carbocycles. The van der Waals surface area contributed by atoms with Crippen molar-refractivity contribution in [2.75, 3.05) is 106 Å². The van der Waals surface area contributed by atoms with E-state index in [-0.39, 0.29) is 86.9 Å². The molecule has 1 fully saturated rings. The predicted molar refractivity (Wildman–Crippen MR) is 153 cm³/mol. The van der Waals surface area contributed by atoms with Crippen molar-refractivity contribution >= 4 is 29.6 Å². The minimum absolute atomic E-state index is 0. The summed E-state index contributed by atoms with van der Waals surface area (Å²) in [6.07, 6.45) is 1.59. The van der Waals surface area contributed by atoms with Gasteiger partial charge in [-0.25, -0.2) is 0 Å². The fourth-order valence-corrected chi connectivity index (χ4v) is 4.46. The molecule has 0 atom stereocenters. The van der Waals surface area contributed by atoms with Crippen molar-refractivity contribution in [3.63, 3.8) is 0 Å². The van der Waals surface area contributed by atoms with Crippen LogP contribution in [-0.4, -0.2) is 180 Å². The summed E-state index contributed by atoms with van der Waals surface area (Å²) in [6.45, 7) is 3.16. The van der Waals surface area contributed by atoms with E-state index >= 15 is 0 Å². The van der Waals surface area contributed by atoms with Crippen LogP contribution in [0.5, 0.6) is 0 Å². The molecule has 2 rings (SSSR count). The molecule has 4 N–H and O–H groups in total.